The van der Waals surface area contributed by atoms with Crippen LogP contribution in [0, 0.1) is 0 Å². The lowest BCUT2D eigenvalue weighted by atomic mass is 9.67. The second-order valence-electron chi connectivity index (χ2n) is 7.72. The van der Waals surface area contributed by atoms with Gasteiger partial charge in [0.05, 0.1) is 18.3 Å². The van der Waals surface area contributed by atoms with Crippen molar-refractivity contribution in [1.29, 1.82) is 0 Å². The third-order valence-electron chi connectivity index (χ3n) is 5.37. The summed E-state index contributed by atoms with van der Waals surface area (Å²) in [5.74, 6) is -1.87. The Bertz CT molecular complexity index is 786. The number of aliphatic carboxylic acids is 2. The number of nitrogens with zero attached hydrogens (tertiary/aromatic N) is 1. The molecule has 7 heteroatoms. The summed E-state index contributed by atoms with van der Waals surface area (Å²) in [6.45, 7) is 4.15. The van der Waals surface area contributed by atoms with Gasteiger partial charge in [0.2, 0.25) is 0 Å². The first-order valence-electron chi connectivity index (χ1n) is 10.4. The van der Waals surface area contributed by atoms with Crippen molar-refractivity contribution in [1.82, 2.24) is 4.90 Å². The lowest BCUT2D eigenvalue weighted by Crippen LogP contribution is -2.42. The molecule has 2 aromatic carbocycles. The summed E-state index contributed by atoms with van der Waals surface area (Å²) in [5, 5.41) is 15.8. The third-order valence-corrected chi connectivity index (χ3v) is 5.37. The zero-order valence-electron chi connectivity index (χ0n) is 19.2. The van der Waals surface area contributed by atoms with Crippen molar-refractivity contribution in [2.75, 3.05) is 14.1 Å². The molecular formula is C25H34ClNO5. The molecule has 0 radical (unpaired) electrons. The van der Waals surface area contributed by atoms with E-state index in [-0.39, 0.29) is 31.0 Å². The van der Waals surface area contributed by atoms with Crippen LogP contribution >= 0.6 is 12.4 Å². The van der Waals surface area contributed by atoms with Crippen LogP contribution in [0.2, 0.25) is 0 Å². The normalized spacial score (nSPS) is 11.5. The SMILES string of the molecule is CCC(=O)C(CC(C)N(C)C)(c1ccccc1)c1ccccc1.Cl.O=C(O)CCC(=O)O. The van der Waals surface area contributed by atoms with Crippen molar-refractivity contribution >= 4 is 30.1 Å². The fourth-order valence-corrected chi connectivity index (χ4v) is 3.42. The van der Waals surface area contributed by atoms with Crippen molar-refractivity contribution in [3.8, 4) is 0 Å². The molecule has 0 fully saturated rings. The van der Waals surface area contributed by atoms with E-state index < -0.39 is 17.4 Å². The van der Waals surface area contributed by atoms with Crippen molar-refractivity contribution in [3.63, 3.8) is 0 Å². The predicted octanol–water partition coefficient (Wildman–Crippen LogP) is 4.65. The molecule has 176 valence electrons. The second kappa shape index (κ2) is 14.4. The maximum Gasteiger partial charge on any atom is 0.303 e. The molecule has 0 aromatic heterocycles. The zero-order valence-corrected chi connectivity index (χ0v) is 20.0. The molecule has 2 aromatic rings. The van der Waals surface area contributed by atoms with Gasteiger partial charge in [-0.25, -0.2) is 0 Å². The van der Waals surface area contributed by atoms with Crippen LogP contribution in [0.3, 0.4) is 0 Å². The molecule has 0 saturated heterocycles. The Hall–Kier alpha value is -2.70. The Balaban J connectivity index is 0.000000917. The molecule has 6 nitrogen and oxygen atoms in total. The summed E-state index contributed by atoms with van der Waals surface area (Å²) in [7, 11) is 4.14. The fraction of sp³-hybridized carbons (Fsp3) is 0.400. The van der Waals surface area contributed by atoms with E-state index in [1.54, 1.807) is 0 Å². The van der Waals surface area contributed by atoms with Gasteiger partial charge in [-0.15, -0.1) is 12.4 Å². The van der Waals surface area contributed by atoms with E-state index in [0.717, 1.165) is 17.5 Å². The predicted molar refractivity (Wildman–Crippen MR) is 128 cm³/mol. The first kappa shape index (κ1) is 29.3. The van der Waals surface area contributed by atoms with Crippen molar-refractivity contribution in [2.24, 2.45) is 0 Å². The van der Waals surface area contributed by atoms with Gasteiger partial charge in [0.1, 0.15) is 5.78 Å². The minimum absolute atomic E-state index is 0. The second-order valence-corrected chi connectivity index (χ2v) is 7.72. The molecule has 1 atom stereocenters. The van der Waals surface area contributed by atoms with E-state index >= 15 is 0 Å². The Morgan fingerprint density at radius 3 is 1.50 bits per heavy atom. The van der Waals surface area contributed by atoms with Crippen molar-refractivity contribution < 1.29 is 24.6 Å². The minimum Gasteiger partial charge on any atom is -0.481 e. The molecule has 0 bridgehead atoms. The maximum absolute atomic E-state index is 13.2. The van der Waals surface area contributed by atoms with Gasteiger partial charge in [0.15, 0.2) is 0 Å². The van der Waals surface area contributed by atoms with Crippen LogP contribution in [-0.2, 0) is 19.8 Å². The first-order chi connectivity index (χ1) is 14.6. The molecule has 2 rings (SSSR count). The number of Topliss-reactive ketones (excluding diaryl/α,β-unsaturated/α-hetero) is 1. The molecule has 2 N–H and O–H groups in total. The number of carboxylic acids is 2. The van der Waals surface area contributed by atoms with E-state index in [9.17, 15) is 14.4 Å². The number of ketones is 1. The minimum atomic E-state index is -1.08. The van der Waals surface area contributed by atoms with Gasteiger partial charge in [-0.2, -0.15) is 0 Å². The van der Waals surface area contributed by atoms with Crippen LogP contribution in [0.25, 0.3) is 0 Å². The Morgan fingerprint density at radius 2 is 1.22 bits per heavy atom. The molecule has 0 aliphatic heterocycles. The number of halogens is 1. The Labute approximate surface area is 196 Å². The van der Waals surface area contributed by atoms with Gasteiger partial charge >= 0.3 is 11.9 Å². The number of carboxylic acid groups (broad SMARTS) is 2. The van der Waals surface area contributed by atoms with Gasteiger partial charge < -0.3 is 15.1 Å². The number of carbonyl (C=O) groups excluding carboxylic acids is 1. The molecule has 1 unspecified atom stereocenters. The van der Waals surface area contributed by atoms with E-state index in [2.05, 4.69) is 50.2 Å². The van der Waals surface area contributed by atoms with Crippen LogP contribution in [0.5, 0.6) is 0 Å². The standard InChI is InChI=1S/C21H27NO.C4H6O4.ClH/c1-5-20(23)21(16-17(2)22(3)4,18-12-8-6-9-13-18)19-14-10-7-11-15-19;5-3(6)1-2-4(7)8;/h6-15,17H,5,16H2,1-4H3;1-2H2,(H,5,6)(H,7,8);1H. The number of hydrogen-bond donors (Lipinski definition) is 2. The zero-order chi connectivity index (χ0) is 23.4. The van der Waals surface area contributed by atoms with Gasteiger partial charge in [0.25, 0.3) is 0 Å². The summed E-state index contributed by atoms with van der Waals surface area (Å²) in [5.41, 5.74) is 1.60. The molecule has 0 aliphatic carbocycles. The largest absolute Gasteiger partial charge is 0.481 e. The van der Waals surface area contributed by atoms with E-state index in [1.807, 2.05) is 43.3 Å². The van der Waals surface area contributed by atoms with Crippen molar-refractivity contribution in [2.45, 2.75) is 51.0 Å². The number of benzene rings is 2. The van der Waals surface area contributed by atoms with Gasteiger partial charge in [-0.1, -0.05) is 67.6 Å². The lowest BCUT2D eigenvalue weighted by Gasteiger charge is -2.37. The monoisotopic (exact) mass is 463 g/mol. The van der Waals surface area contributed by atoms with Crippen LogP contribution in [0.15, 0.2) is 60.7 Å². The smallest absolute Gasteiger partial charge is 0.303 e. The summed E-state index contributed by atoms with van der Waals surface area (Å²) in [6.07, 6.45) is 0.718. The van der Waals surface area contributed by atoms with Crippen LogP contribution < -0.4 is 0 Å². The highest BCUT2D eigenvalue weighted by molar-refractivity contribution is 5.93. The average molecular weight is 464 g/mol. The first-order valence-corrected chi connectivity index (χ1v) is 10.4. The Morgan fingerprint density at radius 1 is 0.844 bits per heavy atom. The number of rotatable bonds is 10. The molecule has 0 heterocycles. The molecule has 32 heavy (non-hydrogen) atoms. The highest BCUT2D eigenvalue weighted by atomic mass is 35.5. The highest BCUT2D eigenvalue weighted by Crippen LogP contribution is 2.39. The number of carbonyl (C=O) groups is 3. The topological polar surface area (TPSA) is 94.9 Å². The van der Waals surface area contributed by atoms with Crippen LogP contribution in [0.1, 0.15) is 50.7 Å². The van der Waals surface area contributed by atoms with Crippen LogP contribution in [0.4, 0.5) is 0 Å². The lowest BCUT2D eigenvalue weighted by molar-refractivity contribution is -0.143. The van der Waals surface area contributed by atoms with E-state index in [4.69, 9.17) is 10.2 Å². The van der Waals surface area contributed by atoms with E-state index in [0.29, 0.717) is 12.5 Å². The van der Waals surface area contributed by atoms with E-state index in [1.165, 1.54) is 0 Å². The summed E-state index contributed by atoms with van der Waals surface area (Å²) >= 11 is 0. The highest BCUT2D eigenvalue weighted by Gasteiger charge is 2.41. The van der Waals surface area contributed by atoms with Gasteiger partial charge in [-0.05, 0) is 38.6 Å². The summed E-state index contributed by atoms with van der Waals surface area (Å²) < 4.78 is 0. The number of hydrogen-bond acceptors (Lipinski definition) is 4. The molecule has 0 aliphatic rings. The van der Waals surface area contributed by atoms with Crippen molar-refractivity contribution in [3.05, 3.63) is 71.8 Å². The maximum atomic E-state index is 13.2. The fourth-order valence-electron chi connectivity index (χ4n) is 3.42. The molecule has 0 spiro atoms. The van der Waals surface area contributed by atoms with Gasteiger partial charge in [0, 0.05) is 12.5 Å². The molecule has 0 saturated carbocycles. The average Bonchev–Trinajstić information content (AvgIpc) is 2.77. The summed E-state index contributed by atoms with van der Waals surface area (Å²) in [4.78, 5) is 34.6. The Kier molecular flexibility index (Phi) is 13.2. The van der Waals surface area contributed by atoms with Crippen LogP contribution in [-0.4, -0.2) is 53.0 Å². The molecule has 0 amide bonds. The molecular weight excluding hydrogens is 430 g/mol. The quantitative estimate of drug-likeness (QED) is 0.532. The third kappa shape index (κ3) is 8.44. The summed E-state index contributed by atoms with van der Waals surface area (Å²) in [6, 6.07) is 20.7. The van der Waals surface area contributed by atoms with Gasteiger partial charge in [-0.3, -0.25) is 14.4 Å².